The molecule has 0 radical (unpaired) electrons. The van der Waals surface area contributed by atoms with Gasteiger partial charge in [-0.1, -0.05) is 6.07 Å². The summed E-state index contributed by atoms with van der Waals surface area (Å²) in [6.07, 6.45) is 4.58. The minimum absolute atomic E-state index is 0.150. The number of aromatic nitrogens is 2. The van der Waals surface area contributed by atoms with E-state index in [0.29, 0.717) is 5.56 Å². The molecule has 0 aliphatic heterocycles. The molecule has 3 rings (SSSR count). The van der Waals surface area contributed by atoms with Gasteiger partial charge in [0.05, 0.1) is 5.56 Å². The maximum Gasteiger partial charge on any atom is 0.258 e. The summed E-state index contributed by atoms with van der Waals surface area (Å²) in [5.41, 5.74) is 4.31. The molecule has 0 fully saturated rings. The lowest BCUT2D eigenvalue weighted by atomic mass is 10.2. The van der Waals surface area contributed by atoms with Crippen LogP contribution in [0.2, 0.25) is 0 Å². The first-order valence-electron chi connectivity index (χ1n) is 8.72. The maximum atomic E-state index is 12.5. The molecular weight excluding hydrogens is 356 g/mol. The van der Waals surface area contributed by atoms with Crippen molar-refractivity contribution in [3.63, 3.8) is 0 Å². The van der Waals surface area contributed by atoms with E-state index < -0.39 is 0 Å². The summed E-state index contributed by atoms with van der Waals surface area (Å²) in [7, 11) is 0. The lowest BCUT2D eigenvalue weighted by Gasteiger charge is -2.10. The molecule has 0 unspecified atom stereocenters. The Labute approximate surface area is 163 Å². The summed E-state index contributed by atoms with van der Waals surface area (Å²) < 4.78 is 0. The number of rotatable bonds is 7. The fourth-order valence-electron chi connectivity index (χ4n) is 2.61. The van der Waals surface area contributed by atoms with E-state index in [1.807, 2.05) is 67.8 Å². The number of aryl methyl sites for hydroxylation is 1. The normalized spacial score (nSPS) is 10.4. The van der Waals surface area contributed by atoms with Crippen molar-refractivity contribution >= 4 is 29.0 Å². The van der Waals surface area contributed by atoms with Crippen molar-refractivity contribution in [2.45, 2.75) is 18.4 Å². The SMILES string of the molecule is CSc1nc(C)ccc1C(=O)Nc1ccc(NCCc2ccccn2)cc1. The molecule has 6 heteroatoms. The Morgan fingerprint density at radius 1 is 1.04 bits per heavy atom. The molecule has 0 aliphatic carbocycles. The topological polar surface area (TPSA) is 66.9 Å². The Hall–Kier alpha value is -2.86. The van der Waals surface area contributed by atoms with Gasteiger partial charge in [-0.25, -0.2) is 4.98 Å². The highest BCUT2D eigenvalue weighted by molar-refractivity contribution is 7.98. The zero-order valence-corrected chi connectivity index (χ0v) is 16.2. The highest BCUT2D eigenvalue weighted by atomic mass is 32.2. The van der Waals surface area contributed by atoms with Gasteiger partial charge >= 0.3 is 0 Å². The number of benzene rings is 1. The predicted octanol–water partition coefficient (Wildman–Crippen LogP) is 4.41. The van der Waals surface area contributed by atoms with Gasteiger partial charge in [0.2, 0.25) is 0 Å². The van der Waals surface area contributed by atoms with E-state index in [9.17, 15) is 4.79 Å². The number of nitrogens with one attached hydrogen (secondary N) is 2. The zero-order valence-electron chi connectivity index (χ0n) is 15.4. The van der Waals surface area contributed by atoms with Crippen LogP contribution in [0.5, 0.6) is 0 Å². The van der Waals surface area contributed by atoms with E-state index in [-0.39, 0.29) is 5.91 Å². The molecular formula is C21H22N4OS. The van der Waals surface area contributed by atoms with Crippen LogP contribution >= 0.6 is 11.8 Å². The van der Waals surface area contributed by atoms with Crippen molar-refractivity contribution in [2.75, 3.05) is 23.4 Å². The second-order valence-electron chi connectivity index (χ2n) is 6.04. The van der Waals surface area contributed by atoms with Crippen molar-refractivity contribution in [3.8, 4) is 0 Å². The van der Waals surface area contributed by atoms with E-state index >= 15 is 0 Å². The molecule has 138 valence electrons. The molecule has 5 nitrogen and oxygen atoms in total. The smallest absolute Gasteiger partial charge is 0.258 e. The molecule has 1 amide bonds. The first kappa shape index (κ1) is 18.9. The summed E-state index contributed by atoms with van der Waals surface area (Å²) in [5, 5.41) is 7.03. The largest absolute Gasteiger partial charge is 0.385 e. The number of hydrogen-bond acceptors (Lipinski definition) is 5. The Bertz CT molecular complexity index is 898. The van der Waals surface area contributed by atoms with Crippen LogP contribution in [0, 0.1) is 6.92 Å². The van der Waals surface area contributed by atoms with E-state index in [2.05, 4.69) is 20.6 Å². The number of carbonyl (C=O) groups is 1. The molecule has 0 aliphatic rings. The second kappa shape index (κ2) is 9.19. The first-order chi connectivity index (χ1) is 13.2. The molecule has 0 bridgehead atoms. The number of hydrogen-bond donors (Lipinski definition) is 2. The number of pyridine rings is 2. The van der Waals surface area contributed by atoms with Gasteiger partial charge in [0.15, 0.2) is 0 Å². The summed E-state index contributed by atoms with van der Waals surface area (Å²) in [6.45, 7) is 2.72. The summed E-state index contributed by atoms with van der Waals surface area (Å²) in [6, 6.07) is 17.3. The Morgan fingerprint density at radius 3 is 2.52 bits per heavy atom. The molecule has 2 aromatic heterocycles. The molecule has 1 aromatic carbocycles. The van der Waals surface area contributed by atoms with Gasteiger partial charge in [0.25, 0.3) is 5.91 Å². The molecule has 2 heterocycles. The van der Waals surface area contributed by atoms with Crippen LogP contribution in [-0.4, -0.2) is 28.7 Å². The van der Waals surface area contributed by atoms with Gasteiger partial charge in [-0.15, -0.1) is 11.8 Å². The van der Waals surface area contributed by atoms with Gasteiger partial charge in [-0.3, -0.25) is 9.78 Å². The highest BCUT2D eigenvalue weighted by Crippen LogP contribution is 2.20. The zero-order chi connectivity index (χ0) is 19.1. The van der Waals surface area contributed by atoms with E-state index in [4.69, 9.17) is 0 Å². The monoisotopic (exact) mass is 378 g/mol. The van der Waals surface area contributed by atoms with Crippen LogP contribution in [0.1, 0.15) is 21.7 Å². The van der Waals surface area contributed by atoms with Crippen LogP contribution in [0.25, 0.3) is 0 Å². The van der Waals surface area contributed by atoms with Gasteiger partial charge < -0.3 is 10.6 Å². The summed E-state index contributed by atoms with van der Waals surface area (Å²) >= 11 is 1.47. The van der Waals surface area contributed by atoms with E-state index in [1.165, 1.54) is 11.8 Å². The Balaban J connectivity index is 1.56. The molecule has 0 saturated heterocycles. The number of carbonyl (C=O) groups excluding carboxylic acids is 1. The first-order valence-corrected chi connectivity index (χ1v) is 9.95. The second-order valence-corrected chi connectivity index (χ2v) is 6.83. The average molecular weight is 379 g/mol. The van der Waals surface area contributed by atoms with Gasteiger partial charge in [0.1, 0.15) is 5.03 Å². The lowest BCUT2D eigenvalue weighted by molar-refractivity contribution is 0.102. The van der Waals surface area contributed by atoms with Crippen LogP contribution in [0.15, 0.2) is 65.8 Å². The number of amides is 1. The fraction of sp³-hybridized carbons (Fsp3) is 0.190. The minimum atomic E-state index is -0.150. The third-order valence-electron chi connectivity index (χ3n) is 4.02. The number of anilines is 2. The van der Waals surface area contributed by atoms with Gasteiger partial charge in [0, 0.05) is 41.9 Å². The maximum absolute atomic E-state index is 12.5. The predicted molar refractivity (Wildman–Crippen MR) is 112 cm³/mol. The molecule has 3 aromatic rings. The molecule has 0 saturated carbocycles. The van der Waals surface area contributed by atoms with Crippen molar-refractivity contribution in [2.24, 2.45) is 0 Å². The van der Waals surface area contributed by atoms with Crippen LogP contribution in [0.4, 0.5) is 11.4 Å². The van der Waals surface area contributed by atoms with Crippen molar-refractivity contribution in [3.05, 3.63) is 77.7 Å². The standard InChI is InChI=1S/C21H22N4OS/c1-15-6-11-19(21(24-15)27-2)20(26)25-18-9-7-17(8-10-18)23-14-12-16-5-3-4-13-22-16/h3-11,13,23H,12,14H2,1-2H3,(H,25,26). The third-order valence-corrected chi connectivity index (χ3v) is 4.71. The molecule has 0 spiro atoms. The number of thioether (sulfide) groups is 1. The third kappa shape index (κ3) is 5.31. The van der Waals surface area contributed by atoms with Gasteiger partial charge in [-0.05, 0) is 61.7 Å². The molecule has 27 heavy (non-hydrogen) atoms. The summed E-state index contributed by atoms with van der Waals surface area (Å²) in [5.74, 6) is -0.150. The minimum Gasteiger partial charge on any atom is -0.385 e. The average Bonchev–Trinajstić information content (AvgIpc) is 2.70. The number of nitrogens with zero attached hydrogens (tertiary/aromatic N) is 2. The Morgan fingerprint density at radius 2 is 1.81 bits per heavy atom. The van der Waals surface area contributed by atoms with Crippen molar-refractivity contribution in [1.82, 2.24) is 9.97 Å². The van der Waals surface area contributed by atoms with Crippen LogP contribution < -0.4 is 10.6 Å². The quantitative estimate of drug-likeness (QED) is 0.596. The highest BCUT2D eigenvalue weighted by Gasteiger charge is 2.12. The van der Waals surface area contributed by atoms with Crippen LogP contribution in [-0.2, 0) is 6.42 Å². The summed E-state index contributed by atoms with van der Waals surface area (Å²) in [4.78, 5) is 21.3. The fourth-order valence-corrected chi connectivity index (χ4v) is 3.23. The molecule has 2 N–H and O–H groups in total. The van der Waals surface area contributed by atoms with Crippen molar-refractivity contribution in [1.29, 1.82) is 0 Å². The van der Waals surface area contributed by atoms with Crippen LogP contribution in [0.3, 0.4) is 0 Å². The van der Waals surface area contributed by atoms with E-state index in [1.54, 1.807) is 6.20 Å². The molecule has 0 atom stereocenters. The Kier molecular flexibility index (Phi) is 6.44. The van der Waals surface area contributed by atoms with Crippen molar-refractivity contribution < 1.29 is 4.79 Å². The lowest BCUT2D eigenvalue weighted by Crippen LogP contribution is -2.14. The van der Waals surface area contributed by atoms with Gasteiger partial charge in [-0.2, -0.15) is 0 Å². The van der Waals surface area contributed by atoms with E-state index in [0.717, 1.165) is 40.8 Å².